The lowest BCUT2D eigenvalue weighted by Crippen LogP contribution is -2.32. The van der Waals surface area contributed by atoms with Gasteiger partial charge in [-0.15, -0.1) is 0 Å². The fourth-order valence-corrected chi connectivity index (χ4v) is 2.95. The lowest BCUT2D eigenvalue weighted by molar-refractivity contribution is 0.286. The van der Waals surface area contributed by atoms with Gasteiger partial charge in [0.2, 0.25) is 0 Å². The van der Waals surface area contributed by atoms with Gasteiger partial charge in [0.15, 0.2) is 0 Å². The van der Waals surface area contributed by atoms with Crippen LogP contribution in [0, 0.1) is 5.41 Å². The van der Waals surface area contributed by atoms with Gasteiger partial charge in [0.05, 0.1) is 11.7 Å². The standard InChI is InChI=1S/C17H28N2/c1-4-5-6-11-17(2,3)13-19-15-10-9-14-8-7-12-18-16(14)15/h7-8,12,15,19H,4-6,9-11,13H2,1-3H3. The van der Waals surface area contributed by atoms with Crippen LogP contribution in [0.4, 0.5) is 0 Å². The molecule has 1 N–H and O–H groups in total. The van der Waals surface area contributed by atoms with Gasteiger partial charge in [0.25, 0.3) is 0 Å². The summed E-state index contributed by atoms with van der Waals surface area (Å²) in [6.07, 6.45) is 9.64. The van der Waals surface area contributed by atoms with Crippen LogP contribution < -0.4 is 5.32 Å². The lowest BCUT2D eigenvalue weighted by Gasteiger charge is -2.27. The molecule has 2 heteroatoms. The molecule has 0 amide bonds. The zero-order chi connectivity index (χ0) is 13.7. The maximum Gasteiger partial charge on any atom is 0.0605 e. The molecule has 2 nitrogen and oxygen atoms in total. The van der Waals surface area contributed by atoms with Crippen LogP contribution in [0.2, 0.25) is 0 Å². The van der Waals surface area contributed by atoms with Crippen LogP contribution in [0.1, 0.15) is 70.2 Å². The number of unbranched alkanes of at least 4 members (excludes halogenated alkanes) is 2. The van der Waals surface area contributed by atoms with Gasteiger partial charge in [-0.05, 0) is 36.3 Å². The normalized spacial score (nSPS) is 18.6. The van der Waals surface area contributed by atoms with Crippen LogP contribution in [0.15, 0.2) is 18.3 Å². The van der Waals surface area contributed by atoms with E-state index in [-0.39, 0.29) is 0 Å². The summed E-state index contributed by atoms with van der Waals surface area (Å²) in [4.78, 5) is 4.55. The van der Waals surface area contributed by atoms with Gasteiger partial charge >= 0.3 is 0 Å². The molecular weight excluding hydrogens is 232 g/mol. The number of pyridine rings is 1. The summed E-state index contributed by atoms with van der Waals surface area (Å²) in [5.41, 5.74) is 3.11. The van der Waals surface area contributed by atoms with Gasteiger partial charge in [-0.1, -0.05) is 46.1 Å². The Morgan fingerprint density at radius 2 is 2.21 bits per heavy atom. The summed E-state index contributed by atoms with van der Waals surface area (Å²) < 4.78 is 0. The summed E-state index contributed by atoms with van der Waals surface area (Å²) in [7, 11) is 0. The van der Waals surface area contributed by atoms with Crippen LogP contribution in [-0.2, 0) is 6.42 Å². The van der Waals surface area contributed by atoms with Gasteiger partial charge in [0, 0.05) is 12.7 Å². The second-order valence-corrected chi connectivity index (χ2v) is 6.64. The first-order valence-electron chi connectivity index (χ1n) is 7.79. The van der Waals surface area contributed by atoms with Crippen molar-refractivity contribution < 1.29 is 0 Å². The molecule has 1 aromatic rings. The third-order valence-corrected chi connectivity index (χ3v) is 4.24. The highest BCUT2D eigenvalue weighted by atomic mass is 15.0. The molecule has 19 heavy (non-hydrogen) atoms. The van der Waals surface area contributed by atoms with E-state index in [1.165, 1.54) is 49.8 Å². The largest absolute Gasteiger partial charge is 0.308 e. The minimum atomic E-state index is 0.396. The van der Waals surface area contributed by atoms with E-state index < -0.39 is 0 Å². The van der Waals surface area contributed by atoms with E-state index in [1.54, 1.807) is 0 Å². The molecule has 0 aliphatic heterocycles. The summed E-state index contributed by atoms with van der Waals surface area (Å²) in [6.45, 7) is 8.12. The molecule has 1 heterocycles. The molecule has 0 aromatic carbocycles. The number of nitrogens with one attached hydrogen (secondary N) is 1. The van der Waals surface area contributed by atoms with Crippen LogP contribution in [0.25, 0.3) is 0 Å². The molecule has 0 saturated carbocycles. The average molecular weight is 260 g/mol. The maximum absolute atomic E-state index is 4.55. The van der Waals surface area contributed by atoms with Crippen molar-refractivity contribution in [3.8, 4) is 0 Å². The molecule has 1 unspecified atom stereocenters. The Hall–Kier alpha value is -0.890. The van der Waals surface area contributed by atoms with Gasteiger partial charge < -0.3 is 5.32 Å². The van der Waals surface area contributed by atoms with Gasteiger partial charge in [-0.2, -0.15) is 0 Å². The first-order chi connectivity index (χ1) is 9.12. The van der Waals surface area contributed by atoms with E-state index in [9.17, 15) is 0 Å². The molecule has 1 aromatic heterocycles. The zero-order valence-corrected chi connectivity index (χ0v) is 12.7. The minimum absolute atomic E-state index is 0.396. The first-order valence-corrected chi connectivity index (χ1v) is 7.79. The highest BCUT2D eigenvalue weighted by molar-refractivity contribution is 5.27. The molecule has 0 saturated heterocycles. The molecule has 0 bridgehead atoms. The molecule has 2 rings (SSSR count). The van der Waals surface area contributed by atoms with Crippen LogP contribution in [0.5, 0.6) is 0 Å². The molecule has 1 atom stereocenters. The summed E-state index contributed by atoms with van der Waals surface area (Å²) >= 11 is 0. The topological polar surface area (TPSA) is 24.9 Å². The molecule has 1 aliphatic rings. The van der Waals surface area contributed by atoms with E-state index in [0.29, 0.717) is 11.5 Å². The van der Waals surface area contributed by atoms with E-state index in [2.05, 4.69) is 43.2 Å². The quantitative estimate of drug-likeness (QED) is 0.741. The van der Waals surface area contributed by atoms with Crippen molar-refractivity contribution in [2.45, 2.75) is 65.3 Å². The third kappa shape index (κ3) is 4.04. The Balaban J connectivity index is 1.83. The summed E-state index contributed by atoms with van der Waals surface area (Å²) in [5.74, 6) is 0. The fourth-order valence-electron chi connectivity index (χ4n) is 2.95. The molecule has 106 valence electrons. The van der Waals surface area contributed by atoms with Crippen molar-refractivity contribution in [1.82, 2.24) is 10.3 Å². The number of aryl methyl sites for hydroxylation is 1. The van der Waals surface area contributed by atoms with Gasteiger partial charge in [-0.25, -0.2) is 0 Å². The second-order valence-electron chi connectivity index (χ2n) is 6.64. The van der Waals surface area contributed by atoms with Crippen molar-refractivity contribution >= 4 is 0 Å². The van der Waals surface area contributed by atoms with E-state index in [1.807, 2.05) is 6.20 Å². The predicted molar refractivity (Wildman–Crippen MR) is 81.2 cm³/mol. The Kier molecular flexibility index (Phi) is 4.98. The molecule has 1 aliphatic carbocycles. The highest BCUT2D eigenvalue weighted by Gasteiger charge is 2.25. The van der Waals surface area contributed by atoms with Gasteiger partial charge in [-0.3, -0.25) is 4.98 Å². The third-order valence-electron chi connectivity index (χ3n) is 4.24. The van der Waals surface area contributed by atoms with Crippen molar-refractivity contribution in [2.75, 3.05) is 6.54 Å². The molecule has 0 fully saturated rings. The van der Waals surface area contributed by atoms with Crippen LogP contribution in [-0.4, -0.2) is 11.5 Å². The number of aromatic nitrogens is 1. The fraction of sp³-hybridized carbons (Fsp3) is 0.706. The van der Waals surface area contributed by atoms with Crippen molar-refractivity contribution in [3.05, 3.63) is 29.6 Å². The van der Waals surface area contributed by atoms with E-state index >= 15 is 0 Å². The summed E-state index contributed by atoms with van der Waals surface area (Å²) in [6, 6.07) is 4.74. The van der Waals surface area contributed by atoms with E-state index in [4.69, 9.17) is 0 Å². The second kappa shape index (κ2) is 6.51. The number of hydrogen-bond donors (Lipinski definition) is 1. The minimum Gasteiger partial charge on any atom is -0.308 e. The number of hydrogen-bond acceptors (Lipinski definition) is 2. The Morgan fingerprint density at radius 1 is 1.37 bits per heavy atom. The SMILES string of the molecule is CCCCCC(C)(C)CNC1CCc2cccnc21. The van der Waals surface area contributed by atoms with Gasteiger partial charge in [0.1, 0.15) is 0 Å². The Labute approximate surface area is 118 Å². The maximum atomic E-state index is 4.55. The molecular formula is C17H28N2. The van der Waals surface area contributed by atoms with E-state index in [0.717, 1.165) is 6.54 Å². The smallest absolute Gasteiger partial charge is 0.0605 e. The molecule has 0 radical (unpaired) electrons. The predicted octanol–water partition coefficient (Wildman–Crippen LogP) is 4.27. The lowest BCUT2D eigenvalue weighted by atomic mass is 9.86. The highest BCUT2D eigenvalue weighted by Crippen LogP contribution is 2.30. The average Bonchev–Trinajstić information content (AvgIpc) is 2.80. The van der Waals surface area contributed by atoms with Crippen LogP contribution in [0.3, 0.4) is 0 Å². The van der Waals surface area contributed by atoms with Crippen molar-refractivity contribution in [1.29, 1.82) is 0 Å². The summed E-state index contributed by atoms with van der Waals surface area (Å²) in [5, 5.41) is 3.74. The number of fused-ring (bicyclic) bond motifs is 1. The zero-order valence-electron chi connectivity index (χ0n) is 12.7. The first kappa shape index (κ1) is 14.5. The van der Waals surface area contributed by atoms with Crippen molar-refractivity contribution in [2.24, 2.45) is 5.41 Å². The number of nitrogens with zero attached hydrogens (tertiary/aromatic N) is 1. The van der Waals surface area contributed by atoms with Crippen molar-refractivity contribution in [3.63, 3.8) is 0 Å². The monoisotopic (exact) mass is 260 g/mol. The van der Waals surface area contributed by atoms with Crippen LogP contribution >= 0.6 is 0 Å². The Bertz CT molecular complexity index is 398. The molecule has 0 spiro atoms. The Morgan fingerprint density at radius 3 is 3.00 bits per heavy atom. The number of rotatable bonds is 7.